The van der Waals surface area contributed by atoms with Gasteiger partial charge in [0.25, 0.3) is 0 Å². The van der Waals surface area contributed by atoms with Gasteiger partial charge in [-0.15, -0.1) is 0 Å². The molecule has 51 heavy (non-hydrogen) atoms. The van der Waals surface area contributed by atoms with E-state index in [2.05, 4.69) is 132 Å². The molecule has 0 bridgehead atoms. The first-order valence-electron chi connectivity index (χ1n) is 17.2. The topological polar surface area (TPSA) is 34.9 Å². The highest BCUT2D eigenvalue weighted by Crippen LogP contribution is 2.55. The number of hydrogen-bond acceptors (Lipinski definition) is 2. The zero-order chi connectivity index (χ0) is 33.9. The van der Waals surface area contributed by atoms with E-state index in [1.165, 1.54) is 11.1 Å². The van der Waals surface area contributed by atoms with Crippen LogP contribution in [-0.4, -0.2) is 9.55 Å². The van der Waals surface area contributed by atoms with Crippen molar-refractivity contribution in [2.75, 3.05) is 0 Å². The SMILES string of the molecule is O=P1(c2ccccc2)c2ccccc2-c2ccc3c4ccccc4n(-c4cc(-c5ccc(-c6ccccc6)cc5)cc(-c5ccccc5)n4)c3c21. The van der Waals surface area contributed by atoms with Gasteiger partial charge in [0.15, 0.2) is 7.14 Å². The summed E-state index contributed by atoms with van der Waals surface area (Å²) in [5.74, 6) is 0.786. The molecule has 0 spiro atoms. The molecule has 4 heteroatoms. The van der Waals surface area contributed by atoms with E-state index in [4.69, 9.17) is 4.98 Å². The van der Waals surface area contributed by atoms with Gasteiger partial charge in [0, 0.05) is 26.9 Å². The maximum Gasteiger partial charge on any atom is 0.174 e. The highest BCUT2D eigenvalue weighted by molar-refractivity contribution is 7.86. The molecule has 1 atom stereocenters. The molecule has 240 valence electrons. The van der Waals surface area contributed by atoms with Crippen LogP contribution in [0.4, 0.5) is 0 Å². The zero-order valence-electron chi connectivity index (χ0n) is 27.6. The second-order valence-corrected chi connectivity index (χ2v) is 15.7. The molecule has 2 aromatic heterocycles. The van der Waals surface area contributed by atoms with E-state index in [1.807, 2.05) is 60.7 Å². The number of nitrogens with zero attached hydrogens (tertiary/aromatic N) is 2. The molecule has 0 saturated carbocycles. The van der Waals surface area contributed by atoms with Crippen molar-refractivity contribution in [1.29, 1.82) is 0 Å². The minimum Gasteiger partial charge on any atom is -0.309 e. The Balaban J connectivity index is 1.29. The molecule has 1 aliphatic rings. The fourth-order valence-corrected chi connectivity index (χ4v) is 11.1. The normalized spacial score (nSPS) is 14.8. The number of benzene rings is 7. The van der Waals surface area contributed by atoms with Gasteiger partial charge in [0.1, 0.15) is 5.82 Å². The van der Waals surface area contributed by atoms with E-state index < -0.39 is 7.14 Å². The molecular formula is C47H31N2OP. The third-order valence-corrected chi connectivity index (χ3v) is 13.4. The Hall–Kier alpha value is -6.28. The van der Waals surface area contributed by atoms with Crippen molar-refractivity contribution >= 4 is 44.9 Å². The average molecular weight is 671 g/mol. The molecule has 1 aliphatic heterocycles. The molecule has 1 unspecified atom stereocenters. The predicted molar refractivity (Wildman–Crippen MR) is 213 cm³/mol. The van der Waals surface area contributed by atoms with Crippen molar-refractivity contribution in [2.45, 2.75) is 0 Å². The first kappa shape index (κ1) is 29.6. The Morgan fingerprint density at radius 2 is 1.04 bits per heavy atom. The third-order valence-electron chi connectivity index (χ3n) is 10.2. The lowest BCUT2D eigenvalue weighted by Crippen LogP contribution is -2.22. The second-order valence-electron chi connectivity index (χ2n) is 13.1. The Bertz CT molecular complexity index is 2810. The van der Waals surface area contributed by atoms with E-state index in [0.29, 0.717) is 0 Å². The highest BCUT2D eigenvalue weighted by atomic mass is 31.2. The number of aromatic nitrogens is 2. The highest BCUT2D eigenvalue weighted by Gasteiger charge is 2.42. The summed E-state index contributed by atoms with van der Waals surface area (Å²) in [6.45, 7) is 0. The summed E-state index contributed by atoms with van der Waals surface area (Å²) in [5, 5.41) is 4.77. The minimum atomic E-state index is -3.27. The van der Waals surface area contributed by atoms with Crippen molar-refractivity contribution in [3.63, 3.8) is 0 Å². The van der Waals surface area contributed by atoms with Gasteiger partial charge < -0.3 is 4.57 Å². The zero-order valence-corrected chi connectivity index (χ0v) is 28.5. The summed E-state index contributed by atoms with van der Waals surface area (Å²) in [6, 6.07) is 65.0. The fourth-order valence-electron chi connectivity index (χ4n) is 7.86. The summed E-state index contributed by atoms with van der Waals surface area (Å²) >= 11 is 0. The van der Waals surface area contributed by atoms with Crippen LogP contribution in [-0.2, 0) is 4.57 Å². The number of hydrogen-bond donors (Lipinski definition) is 0. The molecule has 10 rings (SSSR count). The predicted octanol–water partition coefficient (Wildman–Crippen LogP) is 10.8. The third kappa shape index (κ3) is 4.59. The standard InChI is InChI=1S/C47H31N2OP/c50-51(37-18-8-3-9-19-37)44-23-13-11-21-39(44)41-29-28-40-38-20-10-12-22-43(38)49(46(40)47(41)51)45-31-36(30-42(48-45)35-16-6-2-7-17-35)34-26-24-33(25-27-34)32-14-4-1-5-15-32/h1-31H. The minimum absolute atomic E-state index is 0.786. The van der Waals surface area contributed by atoms with Crippen LogP contribution in [0.15, 0.2) is 188 Å². The number of rotatable bonds is 5. The molecule has 9 aromatic rings. The van der Waals surface area contributed by atoms with Crippen molar-refractivity contribution in [1.82, 2.24) is 9.55 Å². The van der Waals surface area contributed by atoms with Crippen LogP contribution >= 0.6 is 7.14 Å². The van der Waals surface area contributed by atoms with Crippen molar-refractivity contribution < 1.29 is 4.57 Å². The summed E-state index contributed by atoms with van der Waals surface area (Å²) in [7, 11) is -3.27. The average Bonchev–Trinajstić information content (AvgIpc) is 3.69. The number of pyridine rings is 1. The van der Waals surface area contributed by atoms with Gasteiger partial charge in [-0.05, 0) is 51.6 Å². The number of para-hydroxylation sites is 1. The first-order valence-corrected chi connectivity index (χ1v) is 19.0. The van der Waals surface area contributed by atoms with Gasteiger partial charge in [0.05, 0.1) is 22.0 Å². The van der Waals surface area contributed by atoms with Crippen molar-refractivity contribution in [2.24, 2.45) is 0 Å². The molecule has 0 amide bonds. The summed E-state index contributed by atoms with van der Waals surface area (Å²) in [6.07, 6.45) is 0. The molecule has 0 radical (unpaired) electrons. The van der Waals surface area contributed by atoms with E-state index in [0.717, 1.165) is 77.0 Å². The first-order chi connectivity index (χ1) is 25.2. The van der Waals surface area contributed by atoms with Gasteiger partial charge in [-0.3, -0.25) is 4.57 Å². The molecule has 0 aliphatic carbocycles. The van der Waals surface area contributed by atoms with Crippen LogP contribution < -0.4 is 15.9 Å². The van der Waals surface area contributed by atoms with Crippen LogP contribution in [0.25, 0.3) is 72.3 Å². The van der Waals surface area contributed by atoms with Gasteiger partial charge in [-0.2, -0.15) is 0 Å². The van der Waals surface area contributed by atoms with E-state index in [9.17, 15) is 0 Å². The van der Waals surface area contributed by atoms with Gasteiger partial charge in [0.2, 0.25) is 0 Å². The Labute approximate surface area is 296 Å². The summed E-state index contributed by atoms with van der Waals surface area (Å²) in [5.41, 5.74) is 10.5. The molecular weight excluding hydrogens is 640 g/mol. The summed E-state index contributed by atoms with van der Waals surface area (Å²) in [4.78, 5) is 5.41. The second kappa shape index (κ2) is 11.7. The van der Waals surface area contributed by atoms with E-state index in [-0.39, 0.29) is 0 Å². The molecule has 0 fully saturated rings. The largest absolute Gasteiger partial charge is 0.309 e. The van der Waals surface area contributed by atoms with Crippen LogP contribution in [0.1, 0.15) is 0 Å². The monoisotopic (exact) mass is 670 g/mol. The Morgan fingerprint density at radius 3 is 1.78 bits per heavy atom. The molecule has 3 heterocycles. The van der Waals surface area contributed by atoms with E-state index in [1.54, 1.807) is 0 Å². The summed E-state index contributed by atoms with van der Waals surface area (Å²) < 4.78 is 18.3. The lowest BCUT2D eigenvalue weighted by molar-refractivity contribution is 0.593. The van der Waals surface area contributed by atoms with Crippen LogP contribution in [0.2, 0.25) is 0 Å². The molecule has 3 nitrogen and oxygen atoms in total. The number of fused-ring (bicyclic) bond motifs is 7. The maximum atomic E-state index is 16.0. The van der Waals surface area contributed by atoms with Gasteiger partial charge >= 0.3 is 0 Å². The van der Waals surface area contributed by atoms with E-state index >= 15 is 4.57 Å². The molecule has 0 saturated heterocycles. The quantitative estimate of drug-likeness (QED) is 0.171. The fraction of sp³-hybridized carbons (Fsp3) is 0. The van der Waals surface area contributed by atoms with Crippen molar-refractivity contribution in [3.05, 3.63) is 188 Å². The van der Waals surface area contributed by atoms with Crippen LogP contribution in [0.3, 0.4) is 0 Å². The lowest BCUT2D eigenvalue weighted by atomic mass is 9.99. The van der Waals surface area contributed by atoms with Crippen molar-refractivity contribution in [3.8, 4) is 50.5 Å². The molecule has 0 N–H and O–H groups in total. The van der Waals surface area contributed by atoms with Gasteiger partial charge in [-0.25, -0.2) is 4.98 Å². The van der Waals surface area contributed by atoms with Crippen LogP contribution in [0.5, 0.6) is 0 Å². The van der Waals surface area contributed by atoms with Gasteiger partial charge in [-0.1, -0.05) is 170 Å². The Kier molecular flexibility index (Phi) is 6.77. The Morgan fingerprint density at radius 1 is 0.451 bits per heavy atom. The maximum absolute atomic E-state index is 16.0. The smallest absolute Gasteiger partial charge is 0.174 e. The molecule has 7 aromatic carbocycles. The van der Waals surface area contributed by atoms with Crippen LogP contribution in [0, 0.1) is 0 Å². The lowest BCUT2D eigenvalue weighted by Gasteiger charge is -2.19.